The molecule has 0 bridgehead atoms. The van der Waals surface area contributed by atoms with Crippen molar-refractivity contribution < 1.29 is 0 Å². The lowest BCUT2D eigenvalue weighted by molar-refractivity contribution is 0.159. The van der Waals surface area contributed by atoms with Gasteiger partial charge in [0, 0.05) is 13.1 Å². The first-order valence-electron chi connectivity index (χ1n) is 6.89. The summed E-state index contributed by atoms with van der Waals surface area (Å²) in [4.78, 5) is 5.14. The van der Waals surface area contributed by atoms with Crippen molar-refractivity contribution >= 4 is 0 Å². The average molecular weight is 227 g/mol. The number of nitrogens with zero attached hydrogens (tertiary/aromatic N) is 2. The summed E-state index contributed by atoms with van der Waals surface area (Å²) in [6.45, 7) is 13.2. The molecule has 0 saturated carbocycles. The summed E-state index contributed by atoms with van der Waals surface area (Å²) >= 11 is 0. The number of likely N-dealkylation sites (N-methyl/N-ethyl adjacent to an activating group) is 1. The van der Waals surface area contributed by atoms with E-state index in [2.05, 4.69) is 36.0 Å². The van der Waals surface area contributed by atoms with Gasteiger partial charge in [-0.15, -0.1) is 0 Å². The van der Waals surface area contributed by atoms with Gasteiger partial charge in [-0.2, -0.15) is 0 Å². The van der Waals surface area contributed by atoms with Crippen LogP contribution in [0, 0.1) is 5.92 Å². The molecule has 1 fully saturated rings. The minimum atomic E-state index is 0.912. The second-order valence-electron chi connectivity index (χ2n) is 4.87. The Bertz CT molecular complexity index is 161. The fourth-order valence-corrected chi connectivity index (χ4v) is 2.53. The molecule has 1 rings (SSSR count). The minimum Gasteiger partial charge on any atom is -0.319 e. The summed E-state index contributed by atoms with van der Waals surface area (Å²) in [5.41, 5.74) is 0. The predicted octanol–water partition coefficient (Wildman–Crippen LogP) is 1.26. The predicted molar refractivity (Wildman–Crippen MR) is 70.9 cm³/mol. The van der Waals surface area contributed by atoms with Crippen LogP contribution in [0.4, 0.5) is 0 Å². The van der Waals surface area contributed by atoms with Gasteiger partial charge in [-0.05, 0) is 58.5 Å². The lowest BCUT2D eigenvalue weighted by Crippen LogP contribution is -2.41. The van der Waals surface area contributed by atoms with Crippen molar-refractivity contribution in [3.05, 3.63) is 0 Å². The van der Waals surface area contributed by atoms with Crippen LogP contribution in [0.5, 0.6) is 0 Å². The SMILES string of the molecule is CCN(CC)CCN1CCC(CNC)CC1. The molecule has 1 saturated heterocycles. The zero-order chi connectivity index (χ0) is 11.8. The van der Waals surface area contributed by atoms with Crippen LogP contribution in [0.3, 0.4) is 0 Å². The minimum absolute atomic E-state index is 0.912. The lowest BCUT2D eigenvalue weighted by atomic mass is 9.97. The van der Waals surface area contributed by atoms with E-state index in [4.69, 9.17) is 0 Å². The van der Waals surface area contributed by atoms with E-state index in [1.165, 1.54) is 58.7 Å². The Balaban J connectivity index is 2.12. The summed E-state index contributed by atoms with van der Waals surface area (Å²) in [6.07, 6.45) is 2.75. The third-order valence-corrected chi connectivity index (χ3v) is 3.83. The molecular weight excluding hydrogens is 198 g/mol. The average Bonchev–Trinajstić information content (AvgIpc) is 2.33. The lowest BCUT2D eigenvalue weighted by Gasteiger charge is -2.33. The van der Waals surface area contributed by atoms with E-state index in [1.54, 1.807) is 0 Å². The first-order valence-corrected chi connectivity index (χ1v) is 6.89. The summed E-state index contributed by atoms with van der Waals surface area (Å²) in [7, 11) is 2.06. The van der Waals surface area contributed by atoms with Crippen LogP contribution >= 0.6 is 0 Å². The van der Waals surface area contributed by atoms with Gasteiger partial charge < -0.3 is 15.1 Å². The maximum Gasteiger partial charge on any atom is 0.0109 e. The van der Waals surface area contributed by atoms with Crippen molar-refractivity contribution in [3.63, 3.8) is 0 Å². The second-order valence-corrected chi connectivity index (χ2v) is 4.87. The van der Waals surface area contributed by atoms with Crippen molar-refractivity contribution in [2.75, 3.05) is 52.9 Å². The quantitative estimate of drug-likeness (QED) is 0.706. The molecule has 0 radical (unpaired) electrons. The largest absolute Gasteiger partial charge is 0.319 e. The molecule has 16 heavy (non-hydrogen) atoms. The van der Waals surface area contributed by atoms with E-state index >= 15 is 0 Å². The maximum atomic E-state index is 3.29. The third-order valence-electron chi connectivity index (χ3n) is 3.83. The van der Waals surface area contributed by atoms with Gasteiger partial charge in [-0.1, -0.05) is 13.8 Å². The van der Waals surface area contributed by atoms with E-state index in [0.29, 0.717) is 0 Å². The smallest absolute Gasteiger partial charge is 0.0109 e. The van der Waals surface area contributed by atoms with Crippen molar-refractivity contribution in [3.8, 4) is 0 Å². The molecule has 0 atom stereocenters. The van der Waals surface area contributed by atoms with Gasteiger partial charge in [0.05, 0.1) is 0 Å². The summed E-state index contributed by atoms with van der Waals surface area (Å²) in [5, 5.41) is 3.29. The fourth-order valence-electron chi connectivity index (χ4n) is 2.53. The van der Waals surface area contributed by atoms with Crippen molar-refractivity contribution in [2.45, 2.75) is 26.7 Å². The Labute approximate surface area is 101 Å². The van der Waals surface area contributed by atoms with E-state index in [-0.39, 0.29) is 0 Å². The van der Waals surface area contributed by atoms with Crippen LogP contribution in [0.25, 0.3) is 0 Å². The van der Waals surface area contributed by atoms with Crippen molar-refractivity contribution in [1.29, 1.82) is 0 Å². The molecule has 1 N–H and O–H groups in total. The highest BCUT2D eigenvalue weighted by molar-refractivity contribution is 4.74. The van der Waals surface area contributed by atoms with Gasteiger partial charge in [-0.3, -0.25) is 0 Å². The molecule has 96 valence electrons. The number of hydrogen-bond donors (Lipinski definition) is 1. The highest BCUT2D eigenvalue weighted by Crippen LogP contribution is 2.15. The normalized spacial score (nSPS) is 19.5. The molecule has 1 aliphatic rings. The van der Waals surface area contributed by atoms with E-state index in [0.717, 1.165) is 5.92 Å². The van der Waals surface area contributed by atoms with Crippen LogP contribution < -0.4 is 5.32 Å². The number of rotatable bonds is 7. The van der Waals surface area contributed by atoms with Crippen LogP contribution in [-0.2, 0) is 0 Å². The maximum absolute atomic E-state index is 3.29. The number of hydrogen-bond acceptors (Lipinski definition) is 3. The van der Waals surface area contributed by atoms with Crippen LogP contribution in [0.1, 0.15) is 26.7 Å². The zero-order valence-electron chi connectivity index (χ0n) is 11.3. The van der Waals surface area contributed by atoms with Gasteiger partial charge in [0.25, 0.3) is 0 Å². The van der Waals surface area contributed by atoms with E-state index in [1.807, 2.05) is 0 Å². The van der Waals surface area contributed by atoms with Crippen molar-refractivity contribution in [1.82, 2.24) is 15.1 Å². The zero-order valence-corrected chi connectivity index (χ0v) is 11.3. The summed E-state index contributed by atoms with van der Waals surface area (Å²) in [5.74, 6) is 0.912. The first kappa shape index (κ1) is 13.9. The molecule has 1 heterocycles. The molecule has 0 spiro atoms. The third kappa shape index (κ3) is 4.81. The molecule has 0 aromatic rings. The monoisotopic (exact) mass is 227 g/mol. The standard InChI is InChI=1S/C13H29N3/c1-4-15(5-2)10-11-16-8-6-13(7-9-16)12-14-3/h13-14H,4-12H2,1-3H3. The molecule has 0 amide bonds. The topological polar surface area (TPSA) is 18.5 Å². The Morgan fingerprint density at radius 2 is 1.81 bits per heavy atom. The van der Waals surface area contributed by atoms with Gasteiger partial charge in [0.1, 0.15) is 0 Å². The summed E-state index contributed by atoms with van der Waals surface area (Å²) in [6, 6.07) is 0. The molecule has 1 aliphatic heterocycles. The molecule has 3 heteroatoms. The molecule has 0 aromatic heterocycles. The van der Waals surface area contributed by atoms with Crippen LogP contribution in [0.15, 0.2) is 0 Å². The molecular formula is C13H29N3. The number of likely N-dealkylation sites (tertiary alicyclic amines) is 1. The van der Waals surface area contributed by atoms with E-state index in [9.17, 15) is 0 Å². The number of nitrogens with one attached hydrogen (secondary N) is 1. The molecule has 3 nitrogen and oxygen atoms in total. The molecule has 0 aromatic carbocycles. The Morgan fingerprint density at radius 3 is 2.31 bits per heavy atom. The van der Waals surface area contributed by atoms with Crippen molar-refractivity contribution in [2.24, 2.45) is 5.92 Å². The van der Waals surface area contributed by atoms with Crippen LogP contribution in [-0.4, -0.2) is 62.7 Å². The van der Waals surface area contributed by atoms with Gasteiger partial charge >= 0.3 is 0 Å². The number of piperidine rings is 1. The highest BCUT2D eigenvalue weighted by atomic mass is 15.2. The summed E-state index contributed by atoms with van der Waals surface area (Å²) < 4.78 is 0. The van der Waals surface area contributed by atoms with Gasteiger partial charge in [0.15, 0.2) is 0 Å². The van der Waals surface area contributed by atoms with Gasteiger partial charge in [0.2, 0.25) is 0 Å². The molecule has 0 aliphatic carbocycles. The van der Waals surface area contributed by atoms with Crippen LogP contribution in [0.2, 0.25) is 0 Å². The molecule has 0 unspecified atom stereocenters. The second kappa shape index (κ2) is 8.04. The Hall–Kier alpha value is -0.120. The highest BCUT2D eigenvalue weighted by Gasteiger charge is 2.18. The Kier molecular flexibility index (Phi) is 7.01. The van der Waals surface area contributed by atoms with E-state index < -0.39 is 0 Å². The first-order chi connectivity index (χ1) is 7.80. The Morgan fingerprint density at radius 1 is 1.19 bits per heavy atom. The van der Waals surface area contributed by atoms with Gasteiger partial charge in [-0.25, -0.2) is 0 Å². The fraction of sp³-hybridized carbons (Fsp3) is 1.00.